The zero-order valence-electron chi connectivity index (χ0n) is 18.8. The van der Waals surface area contributed by atoms with Gasteiger partial charge in [0.15, 0.2) is 0 Å². The number of rotatable bonds is 16. The Morgan fingerprint density at radius 1 is 0.759 bits per heavy atom. The maximum atomic E-state index is 11.7. The molecule has 0 unspecified atom stereocenters. The monoisotopic (exact) mass is 426 g/mol. The van der Waals surface area contributed by atoms with Crippen molar-refractivity contribution in [3.63, 3.8) is 0 Å². The van der Waals surface area contributed by atoms with Gasteiger partial charge in [0.05, 0.1) is 0 Å². The Kier molecular flexibility index (Phi) is 12.6. The minimum Gasteiger partial charge on any atom is -0.507 e. The first-order chi connectivity index (χ1) is 13.8. The number of phenols is 1. The van der Waals surface area contributed by atoms with Gasteiger partial charge in [-0.1, -0.05) is 84.1 Å². The highest BCUT2D eigenvalue weighted by Gasteiger charge is 2.20. The fourth-order valence-corrected chi connectivity index (χ4v) is 4.75. The van der Waals surface area contributed by atoms with Gasteiger partial charge in [0.2, 0.25) is 0 Å². The fraction of sp³-hybridized carbons (Fsp3) is 0.750. The number of benzene rings is 1. The lowest BCUT2D eigenvalue weighted by Gasteiger charge is -2.18. The molecule has 0 bridgehead atoms. The second-order valence-electron chi connectivity index (χ2n) is 8.42. The molecule has 0 aliphatic heterocycles. The molecular weight excluding hydrogens is 384 g/mol. The third-order valence-electron chi connectivity index (χ3n) is 5.71. The summed E-state index contributed by atoms with van der Waals surface area (Å²) in [5, 5.41) is 10.6. The van der Waals surface area contributed by atoms with Crippen molar-refractivity contribution < 1.29 is 18.1 Å². The Bertz CT molecular complexity index is 695. The largest absolute Gasteiger partial charge is 0.507 e. The van der Waals surface area contributed by atoms with E-state index < -0.39 is 15.9 Å². The second kappa shape index (κ2) is 14.0. The lowest BCUT2D eigenvalue weighted by atomic mass is 9.91. The molecule has 0 amide bonds. The number of hydrogen-bond acceptors (Lipinski definition) is 3. The van der Waals surface area contributed by atoms with E-state index in [0.29, 0.717) is 12.0 Å². The molecule has 1 aromatic rings. The summed E-state index contributed by atoms with van der Waals surface area (Å²) in [6.07, 6.45) is 15.3. The summed E-state index contributed by atoms with van der Waals surface area (Å²) in [5.41, 5.74) is 3.11. The van der Waals surface area contributed by atoms with Crippen molar-refractivity contribution in [3.05, 3.63) is 28.3 Å². The van der Waals surface area contributed by atoms with Crippen LogP contribution in [-0.4, -0.2) is 18.1 Å². The van der Waals surface area contributed by atoms with E-state index in [4.69, 9.17) is 0 Å². The highest BCUT2D eigenvalue weighted by atomic mass is 32.2. The van der Waals surface area contributed by atoms with Gasteiger partial charge in [-0.2, -0.15) is 8.42 Å². The Morgan fingerprint density at radius 2 is 1.24 bits per heavy atom. The molecule has 0 saturated heterocycles. The van der Waals surface area contributed by atoms with Crippen molar-refractivity contribution in [1.29, 1.82) is 0 Å². The van der Waals surface area contributed by atoms with E-state index in [2.05, 4.69) is 13.8 Å². The van der Waals surface area contributed by atoms with Crippen molar-refractivity contribution in [3.8, 4) is 5.75 Å². The third kappa shape index (κ3) is 10.5. The molecule has 168 valence electrons. The average molecular weight is 427 g/mol. The molecule has 2 N–H and O–H groups in total. The molecule has 0 saturated carbocycles. The van der Waals surface area contributed by atoms with Gasteiger partial charge in [-0.15, -0.1) is 0 Å². The van der Waals surface area contributed by atoms with Crippen molar-refractivity contribution in [2.75, 3.05) is 0 Å². The van der Waals surface area contributed by atoms with Crippen molar-refractivity contribution in [2.45, 2.75) is 116 Å². The molecule has 0 radical (unpaired) electrons. The van der Waals surface area contributed by atoms with Crippen LogP contribution in [0.2, 0.25) is 0 Å². The number of unbranched alkanes of at least 4 members (excludes halogenated alkanes) is 10. The van der Waals surface area contributed by atoms with E-state index in [0.717, 1.165) is 48.8 Å². The summed E-state index contributed by atoms with van der Waals surface area (Å²) >= 11 is 0. The van der Waals surface area contributed by atoms with Crippen molar-refractivity contribution in [2.24, 2.45) is 0 Å². The Morgan fingerprint density at radius 3 is 1.76 bits per heavy atom. The van der Waals surface area contributed by atoms with E-state index in [1.807, 2.05) is 13.0 Å². The van der Waals surface area contributed by atoms with Crippen LogP contribution in [0, 0.1) is 6.92 Å². The predicted octanol–water partition coefficient (Wildman–Crippen LogP) is 6.89. The van der Waals surface area contributed by atoms with Gasteiger partial charge in [0.1, 0.15) is 11.5 Å². The van der Waals surface area contributed by atoms with E-state index in [-0.39, 0.29) is 5.75 Å². The quantitative estimate of drug-likeness (QED) is 0.223. The Hall–Kier alpha value is -1.07. The number of aryl methyl sites for hydroxylation is 2. The van der Waals surface area contributed by atoms with Gasteiger partial charge in [0.25, 0.3) is 10.1 Å². The fourth-order valence-electron chi connectivity index (χ4n) is 4.02. The molecule has 0 aliphatic rings. The minimum atomic E-state index is -4.15. The SMILES string of the molecule is CCCCCCCCc1cc(C)c(O)c(CCCCCCCC)c1CS(=O)(=O)O. The molecule has 0 atom stereocenters. The summed E-state index contributed by atoms with van der Waals surface area (Å²) in [6, 6.07) is 1.91. The van der Waals surface area contributed by atoms with Gasteiger partial charge in [-0.05, 0) is 54.9 Å². The highest BCUT2D eigenvalue weighted by Crippen LogP contribution is 2.33. The molecule has 5 heteroatoms. The van der Waals surface area contributed by atoms with Gasteiger partial charge in [-0.3, -0.25) is 4.55 Å². The van der Waals surface area contributed by atoms with Crippen LogP contribution in [-0.2, 0) is 28.7 Å². The van der Waals surface area contributed by atoms with Gasteiger partial charge >= 0.3 is 0 Å². The maximum Gasteiger partial charge on any atom is 0.269 e. The van der Waals surface area contributed by atoms with Crippen molar-refractivity contribution >= 4 is 10.1 Å². The molecule has 0 heterocycles. The lowest BCUT2D eigenvalue weighted by Crippen LogP contribution is -2.10. The minimum absolute atomic E-state index is 0.198. The molecule has 0 aromatic heterocycles. The second-order valence-corrected chi connectivity index (χ2v) is 9.87. The molecule has 29 heavy (non-hydrogen) atoms. The van der Waals surface area contributed by atoms with Crippen LogP contribution in [0.5, 0.6) is 5.75 Å². The van der Waals surface area contributed by atoms with Gasteiger partial charge < -0.3 is 5.11 Å². The molecule has 0 aliphatic carbocycles. The zero-order valence-corrected chi connectivity index (χ0v) is 19.6. The smallest absolute Gasteiger partial charge is 0.269 e. The summed E-state index contributed by atoms with van der Waals surface area (Å²) in [7, 11) is -4.15. The van der Waals surface area contributed by atoms with E-state index in [1.165, 1.54) is 51.4 Å². The van der Waals surface area contributed by atoms with Gasteiger partial charge in [-0.25, -0.2) is 0 Å². The molecule has 1 aromatic carbocycles. The molecule has 0 fully saturated rings. The molecule has 1 rings (SSSR count). The van der Waals surface area contributed by atoms with Crippen LogP contribution >= 0.6 is 0 Å². The summed E-state index contributed by atoms with van der Waals surface area (Å²) in [5.74, 6) is -0.208. The van der Waals surface area contributed by atoms with E-state index in [9.17, 15) is 18.1 Å². The first kappa shape index (κ1) is 26.0. The van der Waals surface area contributed by atoms with Crippen molar-refractivity contribution in [1.82, 2.24) is 0 Å². The lowest BCUT2D eigenvalue weighted by molar-refractivity contribution is 0.459. The zero-order chi connectivity index (χ0) is 21.7. The topological polar surface area (TPSA) is 74.6 Å². The standard InChI is InChI=1S/C24H42O4S/c1-4-6-8-10-12-14-16-21-18-20(3)24(25)22(23(21)19-29(26,27)28)17-15-13-11-9-7-5-2/h18,25H,4-17,19H2,1-3H3,(H,26,27,28). The first-order valence-corrected chi connectivity index (χ1v) is 13.2. The molecular formula is C24H42O4S. The van der Waals surface area contributed by atoms with Crippen LogP contribution in [0.1, 0.15) is 113 Å². The van der Waals surface area contributed by atoms with Crippen LogP contribution in [0.3, 0.4) is 0 Å². The number of phenolic OH excluding ortho intramolecular Hbond substituents is 1. The number of aromatic hydroxyl groups is 1. The number of hydrogen-bond donors (Lipinski definition) is 2. The highest BCUT2D eigenvalue weighted by molar-refractivity contribution is 7.85. The summed E-state index contributed by atoms with van der Waals surface area (Å²) in [6.45, 7) is 6.27. The van der Waals surface area contributed by atoms with Crippen LogP contribution in [0.4, 0.5) is 0 Å². The van der Waals surface area contributed by atoms with E-state index in [1.54, 1.807) is 0 Å². The van der Waals surface area contributed by atoms with Crippen LogP contribution < -0.4 is 0 Å². The third-order valence-corrected chi connectivity index (χ3v) is 6.36. The predicted molar refractivity (Wildman–Crippen MR) is 122 cm³/mol. The molecule has 4 nitrogen and oxygen atoms in total. The van der Waals surface area contributed by atoms with Crippen LogP contribution in [0.15, 0.2) is 6.07 Å². The Balaban J connectivity index is 2.91. The van der Waals surface area contributed by atoms with E-state index >= 15 is 0 Å². The van der Waals surface area contributed by atoms with Gasteiger partial charge in [0, 0.05) is 0 Å². The average Bonchev–Trinajstić information content (AvgIpc) is 2.65. The normalized spacial score (nSPS) is 11.9. The van der Waals surface area contributed by atoms with Crippen LogP contribution in [0.25, 0.3) is 0 Å². The Labute approximate surface area is 178 Å². The summed E-state index contributed by atoms with van der Waals surface area (Å²) < 4.78 is 32.9. The molecule has 0 spiro atoms. The summed E-state index contributed by atoms with van der Waals surface area (Å²) in [4.78, 5) is 0. The first-order valence-electron chi connectivity index (χ1n) is 11.6. The maximum absolute atomic E-state index is 11.7.